The second-order valence-corrected chi connectivity index (χ2v) is 7.21. The number of nitrogens with two attached hydrogens (primary N) is 1. The Kier molecular flexibility index (Phi) is 6.49. The first kappa shape index (κ1) is 20.1. The molecule has 1 aromatic rings. The molecule has 1 amide bonds. The van der Waals surface area contributed by atoms with Crippen molar-refractivity contribution in [3.05, 3.63) is 23.3 Å². The van der Waals surface area contributed by atoms with Gasteiger partial charge in [-0.05, 0) is 38.8 Å². The Balaban J connectivity index is 1.54. The first-order chi connectivity index (χ1) is 13.5. The monoisotopic (exact) mass is 390 g/mol. The summed E-state index contributed by atoms with van der Waals surface area (Å²) in [6.07, 6.45) is 2.45. The number of amides is 1. The van der Waals surface area contributed by atoms with E-state index < -0.39 is 0 Å². The molecule has 1 saturated heterocycles. The molecule has 0 saturated carbocycles. The van der Waals surface area contributed by atoms with Crippen LogP contribution in [0.25, 0.3) is 0 Å². The fraction of sp³-hybridized carbons (Fsp3) is 0.600. The molecule has 0 bridgehead atoms. The average molecular weight is 390 g/mol. The Morgan fingerprint density at radius 3 is 2.82 bits per heavy atom. The number of carbonyl (C=O) groups is 1. The van der Waals surface area contributed by atoms with E-state index in [0.29, 0.717) is 32.2 Å². The van der Waals surface area contributed by atoms with Crippen LogP contribution >= 0.6 is 0 Å². The normalized spacial score (nSPS) is 19.8. The minimum absolute atomic E-state index is 0.186. The highest BCUT2D eigenvalue weighted by Crippen LogP contribution is 2.35. The smallest absolute Gasteiger partial charge is 0.409 e. The number of rotatable bonds is 5. The van der Waals surface area contributed by atoms with Crippen LogP contribution in [0, 0.1) is 0 Å². The third kappa shape index (κ3) is 4.79. The molecule has 0 spiro atoms. The largest absolute Gasteiger partial charge is 0.496 e. The van der Waals surface area contributed by atoms with Gasteiger partial charge in [0.1, 0.15) is 17.6 Å². The van der Waals surface area contributed by atoms with Crippen molar-refractivity contribution in [3.63, 3.8) is 0 Å². The molecular formula is C20H30N4O4. The highest BCUT2D eigenvalue weighted by molar-refractivity contribution is 5.78. The Morgan fingerprint density at radius 2 is 2.14 bits per heavy atom. The maximum absolute atomic E-state index is 11.8. The molecule has 0 radical (unpaired) electrons. The topological polar surface area (TPSA) is 98.4 Å². The van der Waals surface area contributed by atoms with Crippen LogP contribution in [-0.2, 0) is 17.7 Å². The van der Waals surface area contributed by atoms with Crippen molar-refractivity contribution in [2.75, 3.05) is 26.8 Å². The maximum atomic E-state index is 11.8. The van der Waals surface area contributed by atoms with Crippen LogP contribution in [-0.4, -0.2) is 55.9 Å². The van der Waals surface area contributed by atoms with Gasteiger partial charge in [-0.15, -0.1) is 0 Å². The number of ether oxygens (including phenoxy) is 3. The van der Waals surface area contributed by atoms with Crippen molar-refractivity contribution < 1.29 is 19.0 Å². The van der Waals surface area contributed by atoms with Crippen LogP contribution in [0.5, 0.6) is 11.5 Å². The summed E-state index contributed by atoms with van der Waals surface area (Å²) in [5.41, 5.74) is 8.19. The van der Waals surface area contributed by atoms with Gasteiger partial charge in [-0.3, -0.25) is 0 Å². The van der Waals surface area contributed by atoms with Gasteiger partial charge in [-0.2, -0.15) is 0 Å². The van der Waals surface area contributed by atoms with E-state index in [1.54, 1.807) is 12.0 Å². The molecule has 3 rings (SSSR count). The predicted octanol–water partition coefficient (Wildman–Crippen LogP) is 2.04. The summed E-state index contributed by atoms with van der Waals surface area (Å²) in [5, 5.41) is 3.25. The molecule has 1 aromatic carbocycles. The van der Waals surface area contributed by atoms with E-state index in [1.165, 1.54) is 0 Å². The highest BCUT2D eigenvalue weighted by atomic mass is 16.6. The van der Waals surface area contributed by atoms with E-state index >= 15 is 0 Å². The number of methoxy groups -OCH3 is 1. The summed E-state index contributed by atoms with van der Waals surface area (Å²) in [7, 11) is 1.66. The quantitative estimate of drug-likeness (QED) is 0.590. The first-order valence-electron chi connectivity index (χ1n) is 9.84. The summed E-state index contributed by atoms with van der Waals surface area (Å²) < 4.78 is 16.4. The summed E-state index contributed by atoms with van der Waals surface area (Å²) in [5.74, 6) is 2.10. The van der Waals surface area contributed by atoms with Crippen LogP contribution in [0.1, 0.15) is 37.8 Å². The second kappa shape index (κ2) is 9.03. The lowest BCUT2D eigenvalue weighted by Crippen LogP contribution is -2.48. The molecule has 1 fully saturated rings. The van der Waals surface area contributed by atoms with E-state index in [-0.39, 0.29) is 18.2 Å². The lowest BCUT2D eigenvalue weighted by molar-refractivity contribution is 0.0963. The van der Waals surface area contributed by atoms with E-state index in [2.05, 4.69) is 17.2 Å². The van der Waals surface area contributed by atoms with Gasteiger partial charge >= 0.3 is 6.09 Å². The molecule has 28 heavy (non-hydrogen) atoms. The van der Waals surface area contributed by atoms with Crippen molar-refractivity contribution in [2.24, 2.45) is 10.7 Å². The van der Waals surface area contributed by atoms with Gasteiger partial charge in [0.2, 0.25) is 0 Å². The Bertz CT molecular complexity index is 729. The van der Waals surface area contributed by atoms with Crippen molar-refractivity contribution in [3.8, 4) is 11.5 Å². The Morgan fingerprint density at radius 1 is 1.39 bits per heavy atom. The Hall–Kier alpha value is -2.64. The molecule has 8 heteroatoms. The number of nitrogens with one attached hydrogen (secondary N) is 1. The van der Waals surface area contributed by atoms with Gasteiger partial charge in [-0.25, -0.2) is 9.79 Å². The number of hydrogen-bond acceptors (Lipinski definition) is 5. The van der Waals surface area contributed by atoms with Gasteiger partial charge < -0.3 is 30.2 Å². The number of nitrogens with zero attached hydrogens (tertiary/aromatic N) is 2. The van der Waals surface area contributed by atoms with E-state index in [1.807, 2.05) is 19.1 Å². The number of hydrogen-bond donors (Lipinski definition) is 2. The third-order valence-electron chi connectivity index (χ3n) is 5.09. The van der Waals surface area contributed by atoms with Crippen LogP contribution in [0.3, 0.4) is 0 Å². The molecule has 0 aromatic heterocycles. The molecule has 2 aliphatic heterocycles. The Labute approximate surface area is 166 Å². The fourth-order valence-corrected chi connectivity index (χ4v) is 3.64. The zero-order chi connectivity index (χ0) is 20.1. The van der Waals surface area contributed by atoms with Crippen LogP contribution in [0.15, 0.2) is 17.1 Å². The standard InChI is InChI=1S/C20H30N4O4/c1-4-27-20(25)24-7-5-16(6-8-24)23-19(21)22-12-15-11-18-14(9-13(2)28-18)10-17(15)26-3/h10-11,13,16H,4-9,12H2,1-3H3,(H3,21,22,23). The summed E-state index contributed by atoms with van der Waals surface area (Å²) >= 11 is 0. The first-order valence-corrected chi connectivity index (χ1v) is 9.84. The van der Waals surface area contributed by atoms with E-state index in [0.717, 1.165) is 41.9 Å². The van der Waals surface area contributed by atoms with Gasteiger partial charge in [0.25, 0.3) is 0 Å². The molecular weight excluding hydrogens is 360 g/mol. The molecule has 2 aliphatic rings. The number of benzene rings is 1. The highest BCUT2D eigenvalue weighted by Gasteiger charge is 2.24. The van der Waals surface area contributed by atoms with Gasteiger partial charge in [0.15, 0.2) is 5.96 Å². The van der Waals surface area contributed by atoms with Crippen molar-refractivity contribution in [2.45, 2.75) is 51.8 Å². The number of carbonyl (C=O) groups excluding carboxylic acids is 1. The molecule has 1 unspecified atom stereocenters. The fourth-order valence-electron chi connectivity index (χ4n) is 3.64. The van der Waals surface area contributed by atoms with Crippen LogP contribution < -0.4 is 20.5 Å². The molecule has 3 N–H and O–H groups in total. The van der Waals surface area contributed by atoms with Crippen molar-refractivity contribution in [1.82, 2.24) is 10.2 Å². The zero-order valence-corrected chi connectivity index (χ0v) is 16.9. The lowest BCUT2D eigenvalue weighted by Gasteiger charge is -2.31. The number of guanidine groups is 1. The second-order valence-electron chi connectivity index (χ2n) is 7.21. The average Bonchev–Trinajstić information content (AvgIpc) is 3.05. The van der Waals surface area contributed by atoms with Gasteiger partial charge in [0, 0.05) is 36.7 Å². The molecule has 8 nitrogen and oxygen atoms in total. The summed E-state index contributed by atoms with van der Waals surface area (Å²) in [6, 6.07) is 4.21. The number of likely N-dealkylation sites (tertiary alicyclic amines) is 1. The minimum atomic E-state index is -0.247. The van der Waals surface area contributed by atoms with Crippen LogP contribution in [0.2, 0.25) is 0 Å². The maximum Gasteiger partial charge on any atom is 0.409 e. The van der Waals surface area contributed by atoms with Gasteiger partial charge in [0.05, 0.1) is 20.3 Å². The molecule has 154 valence electrons. The SMILES string of the molecule is CCOC(=O)N1CCC(NC(N)=NCc2cc3c(cc2OC)CC(C)O3)CC1. The van der Waals surface area contributed by atoms with Crippen LogP contribution in [0.4, 0.5) is 4.79 Å². The summed E-state index contributed by atoms with van der Waals surface area (Å²) in [6.45, 7) is 5.98. The van der Waals surface area contributed by atoms with E-state index in [9.17, 15) is 4.79 Å². The number of fused-ring (bicyclic) bond motifs is 1. The molecule has 0 aliphatic carbocycles. The van der Waals surface area contributed by atoms with Crippen molar-refractivity contribution in [1.29, 1.82) is 0 Å². The predicted molar refractivity (Wildman–Crippen MR) is 107 cm³/mol. The molecule has 1 atom stereocenters. The van der Waals surface area contributed by atoms with E-state index in [4.69, 9.17) is 19.9 Å². The van der Waals surface area contributed by atoms with Crippen molar-refractivity contribution >= 4 is 12.1 Å². The number of piperidine rings is 1. The summed E-state index contributed by atoms with van der Waals surface area (Å²) in [4.78, 5) is 18.0. The van der Waals surface area contributed by atoms with Gasteiger partial charge in [-0.1, -0.05) is 0 Å². The lowest BCUT2D eigenvalue weighted by atomic mass is 10.1. The molecule has 2 heterocycles. The number of aliphatic imine (C=N–C) groups is 1. The minimum Gasteiger partial charge on any atom is -0.496 e. The zero-order valence-electron chi connectivity index (χ0n) is 16.9. The third-order valence-corrected chi connectivity index (χ3v) is 5.09.